The van der Waals surface area contributed by atoms with Crippen molar-refractivity contribution in [3.8, 4) is 5.75 Å². The van der Waals surface area contributed by atoms with Gasteiger partial charge in [0.2, 0.25) is 0 Å². The summed E-state index contributed by atoms with van der Waals surface area (Å²) >= 11 is 3.48. The van der Waals surface area contributed by atoms with Crippen LogP contribution in [0.1, 0.15) is 39.2 Å². The highest BCUT2D eigenvalue weighted by atomic mass is 79.9. The zero-order valence-corrected chi connectivity index (χ0v) is 14.6. The third kappa shape index (κ3) is 5.67. The van der Waals surface area contributed by atoms with Gasteiger partial charge >= 0.3 is 0 Å². The van der Waals surface area contributed by atoms with Gasteiger partial charge in [0, 0.05) is 6.04 Å². The van der Waals surface area contributed by atoms with E-state index in [2.05, 4.69) is 35.1 Å². The fourth-order valence-electron chi connectivity index (χ4n) is 2.02. The van der Waals surface area contributed by atoms with Crippen molar-refractivity contribution in [3.63, 3.8) is 0 Å². The van der Waals surface area contributed by atoms with Gasteiger partial charge in [-0.3, -0.25) is 4.79 Å². The number of nitrogens with one attached hydrogen (secondary N) is 1. The number of nitrogens with two attached hydrogens (primary N) is 1. The SMILES string of the molecule is CCC(CC)NC(=O)C(C)Oc1ccc(CCN)cc1Br. The van der Waals surface area contributed by atoms with Crippen LogP contribution in [0.15, 0.2) is 22.7 Å². The molecule has 1 rings (SSSR count). The van der Waals surface area contributed by atoms with E-state index in [9.17, 15) is 4.79 Å². The van der Waals surface area contributed by atoms with Crippen molar-refractivity contribution in [2.24, 2.45) is 5.73 Å². The number of benzene rings is 1. The maximum absolute atomic E-state index is 12.1. The second-order valence-electron chi connectivity index (χ2n) is 5.09. The Labute approximate surface area is 135 Å². The minimum Gasteiger partial charge on any atom is -0.480 e. The van der Waals surface area contributed by atoms with Gasteiger partial charge in [-0.25, -0.2) is 0 Å². The maximum atomic E-state index is 12.1. The second-order valence-corrected chi connectivity index (χ2v) is 5.94. The van der Waals surface area contributed by atoms with Crippen LogP contribution in [0.5, 0.6) is 5.75 Å². The number of amides is 1. The smallest absolute Gasteiger partial charge is 0.260 e. The Morgan fingerprint density at radius 3 is 2.57 bits per heavy atom. The average Bonchev–Trinajstić information content (AvgIpc) is 2.47. The van der Waals surface area contributed by atoms with Gasteiger partial charge in [0.25, 0.3) is 5.91 Å². The van der Waals surface area contributed by atoms with E-state index in [1.807, 2.05) is 18.2 Å². The minimum atomic E-state index is -0.526. The molecule has 0 aliphatic heterocycles. The minimum absolute atomic E-state index is 0.0818. The lowest BCUT2D eigenvalue weighted by Gasteiger charge is -2.20. The molecule has 1 aromatic carbocycles. The second kappa shape index (κ2) is 9.05. The van der Waals surface area contributed by atoms with Gasteiger partial charge in [0.15, 0.2) is 6.10 Å². The first-order chi connectivity index (χ1) is 10.0. The third-order valence-electron chi connectivity index (χ3n) is 3.43. The lowest BCUT2D eigenvalue weighted by Crippen LogP contribution is -2.42. The highest BCUT2D eigenvalue weighted by Gasteiger charge is 2.18. The molecule has 0 aliphatic carbocycles. The van der Waals surface area contributed by atoms with Gasteiger partial charge in [0.05, 0.1) is 4.47 Å². The standard InChI is InChI=1S/C16H25BrN2O2/c1-4-13(5-2)19-16(20)11(3)21-15-7-6-12(8-9-18)10-14(15)17/h6-7,10-11,13H,4-5,8-9,18H2,1-3H3,(H,19,20). The van der Waals surface area contributed by atoms with E-state index in [1.165, 1.54) is 0 Å². The predicted octanol–water partition coefficient (Wildman–Crippen LogP) is 3.02. The van der Waals surface area contributed by atoms with Crippen molar-refractivity contribution in [2.45, 2.75) is 52.2 Å². The number of ether oxygens (including phenoxy) is 1. The Hall–Kier alpha value is -1.07. The lowest BCUT2D eigenvalue weighted by atomic mass is 10.1. The summed E-state index contributed by atoms with van der Waals surface area (Å²) in [7, 11) is 0. The van der Waals surface area contributed by atoms with Crippen LogP contribution in [0.3, 0.4) is 0 Å². The Bertz CT molecular complexity index is 462. The molecule has 118 valence electrons. The summed E-state index contributed by atoms with van der Waals surface area (Å²) in [5.74, 6) is 0.588. The summed E-state index contributed by atoms with van der Waals surface area (Å²) in [6.07, 6.45) is 2.14. The van der Waals surface area contributed by atoms with Crippen molar-refractivity contribution in [1.29, 1.82) is 0 Å². The number of carbonyl (C=O) groups is 1. The van der Waals surface area contributed by atoms with Crippen LogP contribution in [0.2, 0.25) is 0 Å². The molecule has 0 spiro atoms. The molecule has 0 fully saturated rings. The Kier molecular flexibility index (Phi) is 7.75. The van der Waals surface area contributed by atoms with Crippen molar-refractivity contribution in [2.75, 3.05) is 6.54 Å². The Balaban J connectivity index is 2.65. The summed E-state index contributed by atoms with van der Waals surface area (Å²) in [5.41, 5.74) is 6.69. The van der Waals surface area contributed by atoms with Gasteiger partial charge in [-0.1, -0.05) is 19.9 Å². The van der Waals surface area contributed by atoms with Crippen LogP contribution in [0, 0.1) is 0 Å². The first-order valence-electron chi connectivity index (χ1n) is 7.47. The fraction of sp³-hybridized carbons (Fsp3) is 0.562. The highest BCUT2D eigenvalue weighted by molar-refractivity contribution is 9.10. The zero-order chi connectivity index (χ0) is 15.8. The topological polar surface area (TPSA) is 64.3 Å². The molecular weight excluding hydrogens is 332 g/mol. The molecule has 21 heavy (non-hydrogen) atoms. The Morgan fingerprint density at radius 1 is 1.38 bits per heavy atom. The largest absolute Gasteiger partial charge is 0.480 e. The molecular formula is C16H25BrN2O2. The first kappa shape index (κ1) is 18.0. The van der Waals surface area contributed by atoms with E-state index in [1.54, 1.807) is 6.92 Å². The molecule has 3 N–H and O–H groups in total. The van der Waals surface area contributed by atoms with E-state index < -0.39 is 6.10 Å². The first-order valence-corrected chi connectivity index (χ1v) is 8.26. The van der Waals surface area contributed by atoms with E-state index in [0.29, 0.717) is 12.3 Å². The molecule has 0 aliphatic rings. The van der Waals surface area contributed by atoms with Crippen LogP contribution in [0.4, 0.5) is 0 Å². The highest BCUT2D eigenvalue weighted by Crippen LogP contribution is 2.27. The summed E-state index contributed by atoms with van der Waals surface area (Å²) in [6, 6.07) is 6.03. The van der Waals surface area contributed by atoms with Crippen LogP contribution in [-0.4, -0.2) is 24.6 Å². The van der Waals surface area contributed by atoms with Crippen LogP contribution in [0.25, 0.3) is 0 Å². The Morgan fingerprint density at radius 2 is 2.05 bits per heavy atom. The van der Waals surface area contributed by atoms with E-state index in [-0.39, 0.29) is 11.9 Å². The van der Waals surface area contributed by atoms with Crippen LogP contribution < -0.4 is 15.8 Å². The van der Waals surface area contributed by atoms with Crippen molar-refractivity contribution >= 4 is 21.8 Å². The van der Waals surface area contributed by atoms with E-state index >= 15 is 0 Å². The van der Waals surface area contributed by atoms with Gasteiger partial charge in [0.1, 0.15) is 5.75 Å². The molecule has 0 aromatic heterocycles. The number of hydrogen-bond donors (Lipinski definition) is 2. The van der Waals surface area contributed by atoms with Gasteiger partial charge in [-0.05, 0) is 66.4 Å². The van der Waals surface area contributed by atoms with Gasteiger partial charge in [-0.15, -0.1) is 0 Å². The summed E-state index contributed by atoms with van der Waals surface area (Å²) in [5, 5.41) is 2.99. The molecule has 5 heteroatoms. The van der Waals surface area contributed by atoms with E-state index in [0.717, 1.165) is 29.3 Å². The number of hydrogen-bond acceptors (Lipinski definition) is 3. The monoisotopic (exact) mass is 356 g/mol. The molecule has 1 aromatic rings. The average molecular weight is 357 g/mol. The maximum Gasteiger partial charge on any atom is 0.260 e. The summed E-state index contributed by atoms with van der Waals surface area (Å²) in [4.78, 5) is 12.1. The summed E-state index contributed by atoms with van der Waals surface area (Å²) in [6.45, 7) is 6.50. The molecule has 0 saturated heterocycles. The van der Waals surface area contributed by atoms with E-state index in [4.69, 9.17) is 10.5 Å². The molecule has 0 bridgehead atoms. The van der Waals surface area contributed by atoms with Gasteiger partial charge < -0.3 is 15.8 Å². The molecule has 4 nitrogen and oxygen atoms in total. The van der Waals surface area contributed by atoms with Crippen LogP contribution in [-0.2, 0) is 11.2 Å². The number of rotatable bonds is 8. The lowest BCUT2D eigenvalue weighted by molar-refractivity contribution is -0.128. The normalized spacial score (nSPS) is 12.3. The predicted molar refractivity (Wildman–Crippen MR) is 89.5 cm³/mol. The van der Waals surface area contributed by atoms with Crippen LogP contribution >= 0.6 is 15.9 Å². The quantitative estimate of drug-likeness (QED) is 0.752. The van der Waals surface area contributed by atoms with Crippen molar-refractivity contribution in [1.82, 2.24) is 5.32 Å². The molecule has 0 saturated carbocycles. The molecule has 1 unspecified atom stereocenters. The molecule has 0 heterocycles. The molecule has 1 amide bonds. The number of halogens is 1. The zero-order valence-electron chi connectivity index (χ0n) is 13.0. The van der Waals surface area contributed by atoms with Gasteiger partial charge in [-0.2, -0.15) is 0 Å². The number of carbonyl (C=O) groups excluding carboxylic acids is 1. The van der Waals surface area contributed by atoms with Crippen molar-refractivity contribution < 1.29 is 9.53 Å². The summed E-state index contributed by atoms with van der Waals surface area (Å²) < 4.78 is 6.58. The van der Waals surface area contributed by atoms with Crippen molar-refractivity contribution in [3.05, 3.63) is 28.2 Å². The fourth-order valence-corrected chi connectivity index (χ4v) is 2.54. The third-order valence-corrected chi connectivity index (χ3v) is 4.05. The molecule has 1 atom stereocenters. The molecule has 0 radical (unpaired) electrons.